The van der Waals surface area contributed by atoms with Gasteiger partial charge in [-0.3, -0.25) is 4.79 Å². The molecule has 58 valence electrons. The van der Waals surface area contributed by atoms with Gasteiger partial charge in [0.2, 0.25) is 0 Å². The van der Waals surface area contributed by atoms with E-state index >= 15 is 0 Å². The lowest BCUT2D eigenvalue weighted by Crippen LogP contribution is -2.07. The lowest BCUT2D eigenvalue weighted by molar-refractivity contribution is -0.145. The van der Waals surface area contributed by atoms with Crippen LogP contribution in [0, 0.1) is 11.8 Å². The first-order valence-electron chi connectivity index (χ1n) is 3.96. The third-order valence-electron chi connectivity index (χ3n) is 2.04. The van der Waals surface area contributed by atoms with E-state index in [-0.39, 0.29) is 11.9 Å². The Morgan fingerprint density at radius 3 is 2.70 bits per heavy atom. The van der Waals surface area contributed by atoms with Crippen LogP contribution >= 0.6 is 0 Å². The van der Waals surface area contributed by atoms with Crippen LogP contribution in [0.25, 0.3) is 0 Å². The minimum atomic E-state index is 0.00866. The van der Waals surface area contributed by atoms with Gasteiger partial charge in [-0.2, -0.15) is 0 Å². The Morgan fingerprint density at radius 1 is 1.60 bits per heavy atom. The van der Waals surface area contributed by atoms with Crippen molar-refractivity contribution in [3.8, 4) is 0 Å². The van der Waals surface area contributed by atoms with Crippen LogP contribution in [0.3, 0.4) is 0 Å². The second-order valence-electron chi connectivity index (χ2n) is 2.76. The highest BCUT2D eigenvalue weighted by atomic mass is 16.5. The highest BCUT2D eigenvalue weighted by molar-refractivity contribution is 5.75. The molecule has 0 aromatic heterocycles. The van der Waals surface area contributed by atoms with Crippen molar-refractivity contribution in [3.05, 3.63) is 0 Å². The number of ether oxygens (including phenoxy) is 1. The van der Waals surface area contributed by atoms with E-state index in [0.717, 1.165) is 12.8 Å². The minimum absolute atomic E-state index is 0.00866. The summed E-state index contributed by atoms with van der Waals surface area (Å²) in [6.07, 6.45) is 2.17. The fourth-order valence-corrected chi connectivity index (χ4v) is 1.24. The van der Waals surface area contributed by atoms with Crippen molar-refractivity contribution in [1.82, 2.24) is 0 Å². The van der Waals surface area contributed by atoms with Gasteiger partial charge in [0.05, 0.1) is 12.5 Å². The van der Waals surface area contributed by atoms with Crippen LogP contribution in [0.5, 0.6) is 0 Å². The second kappa shape index (κ2) is 3.04. The topological polar surface area (TPSA) is 26.3 Å². The van der Waals surface area contributed by atoms with Crippen LogP contribution in [0.15, 0.2) is 0 Å². The van der Waals surface area contributed by atoms with Crippen LogP contribution in [-0.2, 0) is 9.53 Å². The van der Waals surface area contributed by atoms with Crippen molar-refractivity contribution in [1.29, 1.82) is 0 Å². The maximum absolute atomic E-state index is 11.0. The fraction of sp³-hybridized carbons (Fsp3) is 0.875. The molecule has 0 saturated heterocycles. The van der Waals surface area contributed by atoms with Gasteiger partial charge in [0.1, 0.15) is 0 Å². The molecule has 0 spiro atoms. The molecule has 0 heterocycles. The van der Waals surface area contributed by atoms with E-state index in [4.69, 9.17) is 4.74 Å². The van der Waals surface area contributed by atoms with Crippen LogP contribution in [-0.4, -0.2) is 12.6 Å². The summed E-state index contributed by atoms with van der Waals surface area (Å²) in [5, 5.41) is 0. The number of esters is 1. The van der Waals surface area contributed by atoms with Gasteiger partial charge in [-0.1, -0.05) is 13.3 Å². The molecule has 2 heteroatoms. The van der Waals surface area contributed by atoms with Gasteiger partial charge >= 0.3 is 5.97 Å². The minimum Gasteiger partial charge on any atom is -0.466 e. The fourth-order valence-electron chi connectivity index (χ4n) is 1.24. The molecule has 2 atom stereocenters. The Morgan fingerprint density at radius 2 is 2.30 bits per heavy atom. The van der Waals surface area contributed by atoms with Crippen molar-refractivity contribution >= 4 is 5.97 Å². The number of rotatable bonds is 3. The summed E-state index contributed by atoms with van der Waals surface area (Å²) >= 11 is 0. The Balaban J connectivity index is 2.19. The summed E-state index contributed by atoms with van der Waals surface area (Å²) in [5.41, 5.74) is 0. The quantitative estimate of drug-likeness (QED) is 0.559. The molecule has 1 aliphatic rings. The maximum atomic E-state index is 11.0. The van der Waals surface area contributed by atoms with E-state index in [1.807, 2.05) is 6.92 Å². The molecule has 0 amide bonds. The summed E-state index contributed by atoms with van der Waals surface area (Å²) in [6.45, 7) is 4.48. The van der Waals surface area contributed by atoms with E-state index in [9.17, 15) is 4.79 Å². The average molecular weight is 142 g/mol. The molecular weight excluding hydrogens is 128 g/mol. The number of hydrogen-bond donors (Lipinski definition) is 0. The molecule has 0 radical (unpaired) electrons. The Bertz CT molecular complexity index is 131. The zero-order valence-electron chi connectivity index (χ0n) is 6.59. The first-order valence-corrected chi connectivity index (χ1v) is 3.96. The lowest BCUT2D eigenvalue weighted by Gasteiger charge is -1.97. The smallest absolute Gasteiger partial charge is 0.309 e. The number of hydrogen-bond acceptors (Lipinski definition) is 2. The molecule has 0 N–H and O–H groups in total. The Hall–Kier alpha value is -0.530. The van der Waals surface area contributed by atoms with Crippen LogP contribution in [0.2, 0.25) is 0 Å². The highest BCUT2D eigenvalue weighted by Crippen LogP contribution is 2.41. The van der Waals surface area contributed by atoms with Crippen LogP contribution in [0.1, 0.15) is 26.7 Å². The summed E-state index contributed by atoms with van der Waals surface area (Å²) in [4.78, 5) is 11.0. The van der Waals surface area contributed by atoms with Crippen molar-refractivity contribution in [3.63, 3.8) is 0 Å². The molecule has 0 bridgehead atoms. The Labute approximate surface area is 61.6 Å². The van der Waals surface area contributed by atoms with Gasteiger partial charge in [-0.15, -0.1) is 0 Å². The largest absolute Gasteiger partial charge is 0.466 e. The van der Waals surface area contributed by atoms with Crippen molar-refractivity contribution in [2.45, 2.75) is 26.7 Å². The first kappa shape index (κ1) is 7.58. The Kier molecular flexibility index (Phi) is 2.30. The monoisotopic (exact) mass is 142 g/mol. The molecule has 1 fully saturated rings. The standard InChI is InChI=1S/C8H14O2/c1-3-6-5-7(6)8(9)10-4-2/h6-7H,3-5H2,1-2H3/t6-,7-/m0/s1. The van der Waals surface area contributed by atoms with Gasteiger partial charge < -0.3 is 4.74 Å². The molecule has 1 saturated carbocycles. The second-order valence-corrected chi connectivity index (χ2v) is 2.76. The lowest BCUT2D eigenvalue weighted by atomic mass is 10.2. The highest BCUT2D eigenvalue weighted by Gasteiger charge is 2.42. The van der Waals surface area contributed by atoms with E-state index in [1.54, 1.807) is 0 Å². The van der Waals surface area contributed by atoms with E-state index < -0.39 is 0 Å². The summed E-state index contributed by atoms with van der Waals surface area (Å²) in [7, 11) is 0. The molecule has 10 heavy (non-hydrogen) atoms. The van der Waals surface area contributed by atoms with Crippen LogP contribution in [0.4, 0.5) is 0 Å². The third kappa shape index (κ3) is 1.49. The van der Waals surface area contributed by atoms with Gasteiger partial charge in [0, 0.05) is 0 Å². The van der Waals surface area contributed by atoms with Crippen molar-refractivity contribution in [2.75, 3.05) is 6.61 Å². The van der Waals surface area contributed by atoms with Gasteiger partial charge in [-0.25, -0.2) is 0 Å². The van der Waals surface area contributed by atoms with Crippen molar-refractivity contribution < 1.29 is 9.53 Å². The van der Waals surface area contributed by atoms with Gasteiger partial charge in [-0.05, 0) is 19.3 Å². The normalized spacial score (nSPS) is 29.8. The van der Waals surface area contributed by atoms with Gasteiger partial charge in [0.25, 0.3) is 0 Å². The zero-order valence-corrected chi connectivity index (χ0v) is 6.59. The molecule has 1 aliphatic carbocycles. The summed E-state index contributed by atoms with van der Waals surface area (Å²) in [6, 6.07) is 0. The van der Waals surface area contributed by atoms with Crippen molar-refractivity contribution in [2.24, 2.45) is 11.8 Å². The molecule has 2 nitrogen and oxygen atoms in total. The third-order valence-corrected chi connectivity index (χ3v) is 2.04. The van der Waals surface area contributed by atoms with E-state index in [1.165, 1.54) is 0 Å². The predicted molar refractivity (Wildman–Crippen MR) is 38.5 cm³/mol. The molecule has 0 aromatic rings. The zero-order chi connectivity index (χ0) is 7.56. The molecule has 0 unspecified atom stereocenters. The molecular formula is C8H14O2. The molecule has 0 aromatic carbocycles. The van der Waals surface area contributed by atoms with E-state index in [0.29, 0.717) is 12.5 Å². The SMILES string of the molecule is CCOC(=O)[C@H]1C[C@@H]1CC. The summed E-state index contributed by atoms with van der Waals surface area (Å²) in [5.74, 6) is 0.873. The number of carbonyl (C=O) groups excluding carboxylic acids is 1. The summed E-state index contributed by atoms with van der Waals surface area (Å²) < 4.78 is 4.86. The van der Waals surface area contributed by atoms with Crippen LogP contribution < -0.4 is 0 Å². The van der Waals surface area contributed by atoms with E-state index in [2.05, 4.69) is 6.92 Å². The van der Waals surface area contributed by atoms with Gasteiger partial charge in [0.15, 0.2) is 0 Å². The predicted octanol–water partition coefficient (Wildman–Crippen LogP) is 1.60. The number of carbonyl (C=O) groups is 1. The first-order chi connectivity index (χ1) is 4.79. The average Bonchev–Trinajstić information content (AvgIpc) is 2.66. The maximum Gasteiger partial charge on any atom is 0.309 e. The molecule has 0 aliphatic heterocycles. The molecule has 1 rings (SSSR count).